The number of carbonyl (C=O) groups is 1. The Bertz CT molecular complexity index is 875. The number of ether oxygens (including phenoxy) is 1. The molecule has 0 radical (unpaired) electrons. The van der Waals surface area contributed by atoms with Crippen LogP contribution in [0.3, 0.4) is 0 Å². The number of rotatable bonds is 3. The lowest BCUT2D eigenvalue weighted by atomic mass is 9.86. The van der Waals surface area contributed by atoms with Crippen LogP contribution >= 0.6 is 0 Å². The molecule has 7 heteroatoms. The largest absolute Gasteiger partial charge is 0.389 e. The molecular weight excluding hydrogens is 346 g/mol. The molecule has 3 atom stereocenters. The van der Waals surface area contributed by atoms with Gasteiger partial charge in [-0.1, -0.05) is 18.2 Å². The lowest BCUT2D eigenvalue weighted by Gasteiger charge is -2.42. The number of fused-ring (bicyclic) bond motifs is 1. The predicted octanol–water partition coefficient (Wildman–Crippen LogP) is 0.872. The molecule has 1 aliphatic carbocycles. The van der Waals surface area contributed by atoms with Crippen molar-refractivity contribution in [1.82, 2.24) is 15.2 Å². The maximum absolute atomic E-state index is 12.7. The van der Waals surface area contributed by atoms with Gasteiger partial charge in [-0.2, -0.15) is 0 Å². The van der Waals surface area contributed by atoms with Crippen molar-refractivity contribution in [1.29, 1.82) is 0 Å². The van der Waals surface area contributed by atoms with Crippen molar-refractivity contribution in [3.8, 4) is 0 Å². The van der Waals surface area contributed by atoms with Crippen LogP contribution in [0.1, 0.15) is 29.6 Å². The Morgan fingerprint density at radius 2 is 2.00 bits per heavy atom. The molecule has 1 saturated heterocycles. The van der Waals surface area contributed by atoms with Crippen LogP contribution in [0.4, 0.5) is 0 Å². The number of morpholine rings is 1. The van der Waals surface area contributed by atoms with Gasteiger partial charge in [-0.15, -0.1) is 0 Å². The normalized spacial score (nSPS) is 26.8. The number of para-hydroxylation sites is 1. The van der Waals surface area contributed by atoms with E-state index in [-0.39, 0.29) is 17.6 Å². The van der Waals surface area contributed by atoms with Gasteiger partial charge < -0.3 is 20.1 Å². The van der Waals surface area contributed by atoms with Crippen LogP contribution in [0.25, 0.3) is 10.9 Å². The molecule has 7 nitrogen and oxygen atoms in total. The number of H-pyrrole nitrogens is 1. The zero-order chi connectivity index (χ0) is 18.8. The van der Waals surface area contributed by atoms with Crippen LogP contribution in [0.5, 0.6) is 0 Å². The molecule has 0 unspecified atom stereocenters. The highest BCUT2D eigenvalue weighted by molar-refractivity contribution is 5.97. The van der Waals surface area contributed by atoms with Crippen molar-refractivity contribution in [3.05, 3.63) is 46.2 Å². The summed E-state index contributed by atoms with van der Waals surface area (Å²) in [5, 5.41) is 14.5. The van der Waals surface area contributed by atoms with Gasteiger partial charge in [0.15, 0.2) is 0 Å². The van der Waals surface area contributed by atoms with Gasteiger partial charge in [0.1, 0.15) is 5.56 Å². The smallest absolute Gasteiger partial charge is 0.261 e. The van der Waals surface area contributed by atoms with Crippen LogP contribution in [-0.2, 0) is 4.74 Å². The summed E-state index contributed by atoms with van der Waals surface area (Å²) in [6.07, 6.45) is 1.89. The first-order valence-corrected chi connectivity index (χ1v) is 9.56. The van der Waals surface area contributed by atoms with Gasteiger partial charge in [0.25, 0.3) is 11.5 Å². The van der Waals surface area contributed by atoms with Gasteiger partial charge in [0, 0.05) is 24.6 Å². The maximum Gasteiger partial charge on any atom is 0.261 e. The van der Waals surface area contributed by atoms with Crippen LogP contribution in [0.15, 0.2) is 35.1 Å². The summed E-state index contributed by atoms with van der Waals surface area (Å²) in [7, 11) is 0. The first-order chi connectivity index (χ1) is 13.1. The van der Waals surface area contributed by atoms with E-state index in [4.69, 9.17) is 4.74 Å². The predicted molar refractivity (Wildman–Crippen MR) is 102 cm³/mol. The van der Waals surface area contributed by atoms with E-state index in [0.717, 1.165) is 31.3 Å². The fraction of sp³-hybridized carbons (Fsp3) is 0.500. The van der Waals surface area contributed by atoms with Crippen LogP contribution in [0, 0.1) is 0 Å². The van der Waals surface area contributed by atoms with E-state index in [0.29, 0.717) is 25.2 Å². The molecule has 3 N–H and O–H groups in total. The summed E-state index contributed by atoms with van der Waals surface area (Å²) in [5.41, 5.74) is 0.361. The molecule has 1 aromatic heterocycles. The van der Waals surface area contributed by atoms with Gasteiger partial charge in [-0.25, -0.2) is 0 Å². The minimum absolute atomic E-state index is 0.0165. The van der Waals surface area contributed by atoms with Crippen LogP contribution < -0.4 is 10.9 Å². The Kier molecular flexibility index (Phi) is 5.24. The molecule has 1 saturated carbocycles. The first-order valence-electron chi connectivity index (χ1n) is 9.56. The molecule has 2 fully saturated rings. The number of benzene rings is 1. The third-order valence-corrected chi connectivity index (χ3v) is 5.65. The maximum atomic E-state index is 12.7. The summed E-state index contributed by atoms with van der Waals surface area (Å²) < 4.78 is 5.39. The number of aliphatic hydroxyl groups excluding tert-OH is 1. The molecule has 4 rings (SSSR count). The van der Waals surface area contributed by atoms with Crippen LogP contribution in [0.2, 0.25) is 0 Å². The molecule has 0 bridgehead atoms. The highest BCUT2D eigenvalue weighted by atomic mass is 16.5. The third kappa shape index (κ3) is 3.76. The van der Waals surface area contributed by atoms with E-state index < -0.39 is 17.6 Å². The van der Waals surface area contributed by atoms with E-state index in [1.165, 1.54) is 0 Å². The second-order valence-corrected chi connectivity index (χ2v) is 7.32. The SMILES string of the molecule is O=C(N[C@@H]1CCC[C@@H](N2CCOCC2)[C@@H]1O)c1cc2ccccc2[nH]c1=O. The zero-order valence-corrected chi connectivity index (χ0v) is 15.2. The van der Waals surface area contributed by atoms with Crippen molar-refractivity contribution in [2.24, 2.45) is 0 Å². The fourth-order valence-corrected chi connectivity index (χ4v) is 4.18. The van der Waals surface area contributed by atoms with Crippen molar-refractivity contribution in [2.45, 2.75) is 37.5 Å². The second kappa shape index (κ2) is 7.80. The van der Waals surface area contributed by atoms with Crippen molar-refractivity contribution < 1.29 is 14.6 Å². The Morgan fingerprint density at radius 1 is 1.22 bits per heavy atom. The van der Waals surface area contributed by atoms with Crippen LogP contribution in [-0.4, -0.2) is 65.4 Å². The van der Waals surface area contributed by atoms with Crippen molar-refractivity contribution >= 4 is 16.8 Å². The highest BCUT2D eigenvalue weighted by Crippen LogP contribution is 2.25. The van der Waals surface area contributed by atoms with Gasteiger partial charge >= 0.3 is 0 Å². The fourth-order valence-electron chi connectivity index (χ4n) is 4.18. The van der Waals surface area contributed by atoms with Gasteiger partial charge in [-0.05, 0) is 36.8 Å². The lowest BCUT2D eigenvalue weighted by Crippen LogP contribution is -2.58. The standard InChI is InChI=1S/C20H25N3O4/c24-18-16(6-3-7-17(18)23-8-10-27-11-9-23)22-20(26)14-12-13-4-1-2-5-15(13)21-19(14)25/h1-2,4-5,12,16-18,24H,3,6-11H2,(H,21,25)(H,22,26)/t16-,17-,18-/m1/s1. The van der Waals surface area contributed by atoms with E-state index in [1.807, 2.05) is 18.2 Å². The number of amides is 1. The third-order valence-electron chi connectivity index (χ3n) is 5.65. The van der Waals surface area contributed by atoms with Gasteiger partial charge in [0.05, 0.1) is 25.4 Å². The molecule has 27 heavy (non-hydrogen) atoms. The molecule has 1 amide bonds. The van der Waals surface area contributed by atoms with E-state index in [2.05, 4.69) is 15.2 Å². The summed E-state index contributed by atoms with van der Waals surface area (Å²) in [6.45, 7) is 2.94. The molecule has 1 aliphatic heterocycles. The lowest BCUT2D eigenvalue weighted by molar-refractivity contribution is -0.0459. The number of aromatic amines is 1. The Balaban J connectivity index is 1.50. The van der Waals surface area contributed by atoms with Gasteiger partial charge in [-0.3, -0.25) is 14.5 Å². The molecule has 2 heterocycles. The average Bonchev–Trinajstić information content (AvgIpc) is 2.69. The second-order valence-electron chi connectivity index (χ2n) is 7.32. The number of nitrogens with one attached hydrogen (secondary N) is 2. The molecule has 0 spiro atoms. The molecule has 2 aliphatic rings. The summed E-state index contributed by atoms with van der Waals surface area (Å²) in [5.74, 6) is -0.436. The van der Waals surface area contributed by atoms with E-state index in [1.54, 1.807) is 12.1 Å². The van der Waals surface area contributed by atoms with E-state index in [9.17, 15) is 14.7 Å². The first kappa shape index (κ1) is 18.2. The number of hydrogen-bond acceptors (Lipinski definition) is 5. The minimum atomic E-state index is -0.652. The average molecular weight is 371 g/mol. The Morgan fingerprint density at radius 3 is 2.81 bits per heavy atom. The highest BCUT2D eigenvalue weighted by Gasteiger charge is 2.37. The molecule has 2 aromatic rings. The monoisotopic (exact) mass is 371 g/mol. The summed E-state index contributed by atoms with van der Waals surface area (Å²) >= 11 is 0. The number of nitrogens with zero attached hydrogens (tertiary/aromatic N) is 1. The van der Waals surface area contributed by atoms with Crippen molar-refractivity contribution in [2.75, 3.05) is 26.3 Å². The van der Waals surface area contributed by atoms with E-state index >= 15 is 0 Å². The van der Waals surface area contributed by atoms with Crippen molar-refractivity contribution in [3.63, 3.8) is 0 Å². The number of hydrogen-bond donors (Lipinski definition) is 3. The molecule has 144 valence electrons. The summed E-state index contributed by atoms with van der Waals surface area (Å²) in [6, 6.07) is 8.62. The Hall–Kier alpha value is -2.22. The topological polar surface area (TPSA) is 94.7 Å². The minimum Gasteiger partial charge on any atom is -0.389 e. The number of pyridine rings is 1. The number of aliphatic hydroxyl groups is 1. The quantitative estimate of drug-likeness (QED) is 0.744. The number of carbonyl (C=O) groups excluding carboxylic acids is 1. The Labute approximate surface area is 157 Å². The molecule has 1 aromatic carbocycles. The molecular formula is C20H25N3O4. The summed E-state index contributed by atoms with van der Waals surface area (Å²) in [4.78, 5) is 30.0. The number of aromatic nitrogens is 1. The van der Waals surface area contributed by atoms with Gasteiger partial charge in [0.2, 0.25) is 0 Å². The zero-order valence-electron chi connectivity index (χ0n) is 15.2.